The third kappa shape index (κ3) is 4.64. The molecule has 1 aromatic heterocycles. The molecule has 8 nitrogen and oxygen atoms in total. The molecule has 1 saturated heterocycles. The molecule has 0 aromatic carbocycles. The van der Waals surface area contributed by atoms with Crippen LogP contribution in [-0.4, -0.2) is 66.8 Å². The van der Waals surface area contributed by atoms with Gasteiger partial charge in [0.2, 0.25) is 0 Å². The lowest BCUT2D eigenvalue weighted by molar-refractivity contribution is 0.148. The van der Waals surface area contributed by atoms with E-state index < -0.39 is 10.2 Å². The predicted molar refractivity (Wildman–Crippen MR) is 99.8 cm³/mol. The van der Waals surface area contributed by atoms with Gasteiger partial charge in [0, 0.05) is 32.8 Å². The summed E-state index contributed by atoms with van der Waals surface area (Å²) in [4.78, 5) is 2.44. The van der Waals surface area contributed by atoms with Crippen LogP contribution in [0.2, 0.25) is 0 Å². The third-order valence-electron chi connectivity index (χ3n) is 5.18. The largest absolute Gasteiger partial charge is 0.383 e. The highest BCUT2D eigenvalue weighted by atomic mass is 32.2. The van der Waals surface area contributed by atoms with E-state index in [1.165, 1.54) is 22.8 Å². The van der Waals surface area contributed by atoms with Gasteiger partial charge in [0.1, 0.15) is 0 Å². The minimum absolute atomic E-state index is 0.0696. The minimum Gasteiger partial charge on any atom is -0.383 e. The quantitative estimate of drug-likeness (QED) is 0.684. The zero-order chi connectivity index (χ0) is 18.6. The summed E-state index contributed by atoms with van der Waals surface area (Å²) in [5.74, 6) is 0. The van der Waals surface area contributed by atoms with Crippen LogP contribution in [-0.2, 0) is 34.6 Å². The molecule has 2 aliphatic heterocycles. The molecule has 148 valence electrons. The smallest absolute Gasteiger partial charge is 0.280 e. The summed E-state index contributed by atoms with van der Waals surface area (Å²) in [5.41, 5.74) is 1.95. The molecule has 1 aromatic rings. The Bertz CT molecular complexity index is 691. The number of nitrogens with one attached hydrogen (secondary N) is 1. The molecule has 2 aliphatic rings. The van der Waals surface area contributed by atoms with E-state index >= 15 is 0 Å². The fourth-order valence-corrected chi connectivity index (χ4v) is 5.20. The lowest BCUT2D eigenvalue weighted by Gasteiger charge is -2.27. The second-order valence-corrected chi connectivity index (χ2v) is 8.88. The topological polar surface area (TPSA) is 79.7 Å². The molecule has 9 heteroatoms. The number of aromatic nitrogens is 2. The van der Waals surface area contributed by atoms with Gasteiger partial charge in [0.05, 0.1) is 31.1 Å². The summed E-state index contributed by atoms with van der Waals surface area (Å²) in [6.45, 7) is 7.30. The molecule has 26 heavy (non-hydrogen) atoms. The Hall–Kier alpha value is -1.00. The van der Waals surface area contributed by atoms with Gasteiger partial charge in [-0.25, -0.2) is 0 Å². The molecule has 0 radical (unpaired) electrons. The van der Waals surface area contributed by atoms with E-state index in [1.54, 1.807) is 7.11 Å². The van der Waals surface area contributed by atoms with E-state index in [-0.39, 0.29) is 12.6 Å². The Morgan fingerprint density at radius 1 is 1.35 bits per heavy atom. The van der Waals surface area contributed by atoms with E-state index in [0.29, 0.717) is 13.2 Å². The molecule has 0 bridgehead atoms. The van der Waals surface area contributed by atoms with Crippen molar-refractivity contribution < 1.29 is 13.2 Å². The summed E-state index contributed by atoms with van der Waals surface area (Å²) < 4.78 is 36.6. The molecule has 3 rings (SSSR count). The molecule has 1 unspecified atom stereocenters. The summed E-state index contributed by atoms with van der Waals surface area (Å²) in [6.07, 6.45) is 4.13. The van der Waals surface area contributed by atoms with Crippen molar-refractivity contribution in [2.75, 3.05) is 33.4 Å². The van der Waals surface area contributed by atoms with E-state index in [9.17, 15) is 8.42 Å². The van der Waals surface area contributed by atoms with E-state index in [2.05, 4.69) is 21.6 Å². The Balaban J connectivity index is 1.58. The van der Waals surface area contributed by atoms with E-state index in [0.717, 1.165) is 44.7 Å². The van der Waals surface area contributed by atoms with Crippen molar-refractivity contribution in [3.05, 3.63) is 17.5 Å². The Kier molecular flexibility index (Phi) is 6.68. The molecule has 1 atom stereocenters. The number of nitrogens with zero attached hydrogens (tertiary/aromatic N) is 4. The molecule has 0 amide bonds. The van der Waals surface area contributed by atoms with Crippen molar-refractivity contribution in [2.45, 2.75) is 58.3 Å². The second-order valence-electron chi connectivity index (χ2n) is 7.17. The first-order valence-corrected chi connectivity index (χ1v) is 11.0. The van der Waals surface area contributed by atoms with Crippen molar-refractivity contribution in [1.82, 2.24) is 23.7 Å². The summed E-state index contributed by atoms with van der Waals surface area (Å²) in [6, 6.07) is 1.96. The van der Waals surface area contributed by atoms with Gasteiger partial charge in [-0.05, 0) is 31.9 Å². The van der Waals surface area contributed by atoms with Gasteiger partial charge in [-0.2, -0.15) is 22.5 Å². The fraction of sp³-hybridized carbons (Fsp3) is 0.824. The number of rotatable bonds is 9. The summed E-state index contributed by atoms with van der Waals surface area (Å²) >= 11 is 0. The number of ether oxygens (including phenoxy) is 1. The van der Waals surface area contributed by atoms with Crippen molar-refractivity contribution in [1.29, 1.82) is 0 Å². The maximum absolute atomic E-state index is 12.6. The Labute approximate surface area is 156 Å². The maximum Gasteiger partial charge on any atom is 0.280 e. The second kappa shape index (κ2) is 8.79. The number of fused-ring (bicyclic) bond motifs is 1. The van der Waals surface area contributed by atoms with Crippen LogP contribution < -0.4 is 4.72 Å². The van der Waals surface area contributed by atoms with Crippen molar-refractivity contribution in [3.8, 4) is 0 Å². The van der Waals surface area contributed by atoms with Gasteiger partial charge in [-0.1, -0.05) is 13.3 Å². The number of unbranched alkanes of at least 4 members (excludes halogenated alkanes) is 1. The van der Waals surface area contributed by atoms with Gasteiger partial charge in [-0.15, -0.1) is 0 Å². The molecule has 3 heterocycles. The summed E-state index contributed by atoms with van der Waals surface area (Å²) in [7, 11) is -1.90. The first kappa shape index (κ1) is 19.8. The number of methoxy groups -OCH3 is 1. The highest BCUT2D eigenvalue weighted by Crippen LogP contribution is 2.21. The molecule has 0 saturated carbocycles. The van der Waals surface area contributed by atoms with Gasteiger partial charge in [0.25, 0.3) is 10.2 Å². The Morgan fingerprint density at radius 3 is 2.96 bits per heavy atom. The number of hydrogen-bond acceptors (Lipinski definition) is 5. The normalized spacial score (nSPS) is 22.0. The molecule has 1 fully saturated rings. The van der Waals surface area contributed by atoms with Gasteiger partial charge in [0.15, 0.2) is 0 Å². The first-order valence-electron chi connectivity index (χ1n) is 9.57. The van der Waals surface area contributed by atoms with Crippen LogP contribution in [0.25, 0.3) is 0 Å². The van der Waals surface area contributed by atoms with Crippen molar-refractivity contribution in [3.63, 3.8) is 0 Å². The van der Waals surface area contributed by atoms with Crippen LogP contribution in [0.15, 0.2) is 6.07 Å². The molecule has 0 spiro atoms. The van der Waals surface area contributed by atoms with Gasteiger partial charge >= 0.3 is 0 Å². The average Bonchev–Trinajstić information content (AvgIpc) is 3.25. The van der Waals surface area contributed by atoms with Crippen LogP contribution in [0.4, 0.5) is 0 Å². The first-order chi connectivity index (χ1) is 12.5. The van der Waals surface area contributed by atoms with Crippen LogP contribution in [0.3, 0.4) is 0 Å². The highest BCUT2D eigenvalue weighted by Gasteiger charge is 2.34. The molecule has 0 aliphatic carbocycles. The van der Waals surface area contributed by atoms with Gasteiger partial charge < -0.3 is 4.74 Å². The average molecular weight is 386 g/mol. The van der Waals surface area contributed by atoms with Crippen LogP contribution in [0.1, 0.15) is 44.0 Å². The minimum atomic E-state index is -3.51. The predicted octanol–water partition coefficient (Wildman–Crippen LogP) is 0.944. The standard InChI is InChI=1S/C17H31N5O3S/c1-3-4-7-20-9-10-21-17(13-20)11-15(19-21)12-18-26(23,24)22-8-5-6-16(22)14-25-2/h11,16,18H,3-10,12-14H2,1-2H3. The zero-order valence-electron chi connectivity index (χ0n) is 15.9. The maximum atomic E-state index is 12.6. The van der Waals surface area contributed by atoms with Crippen LogP contribution in [0, 0.1) is 0 Å². The third-order valence-corrected chi connectivity index (χ3v) is 6.79. The van der Waals surface area contributed by atoms with E-state index in [1.807, 2.05) is 10.7 Å². The Morgan fingerprint density at radius 2 is 2.19 bits per heavy atom. The van der Waals surface area contributed by atoms with E-state index in [4.69, 9.17) is 4.74 Å². The lowest BCUT2D eigenvalue weighted by atomic mass is 10.2. The van der Waals surface area contributed by atoms with Crippen LogP contribution >= 0.6 is 0 Å². The number of hydrogen-bond donors (Lipinski definition) is 1. The van der Waals surface area contributed by atoms with Crippen molar-refractivity contribution in [2.24, 2.45) is 0 Å². The van der Waals surface area contributed by atoms with Crippen LogP contribution in [0.5, 0.6) is 0 Å². The SMILES string of the molecule is CCCCN1CCn2nc(CNS(=O)(=O)N3CCCC3COC)cc2C1. The van der Waals surface area contributed by atoms with Crippen molar-refractivity contribution >= 4 is 10.2 Å². The zero-order valence-corrected chi connectivity index (χ0v) is 16.7. The molecular weight excluding hydrogens is 354 g/mol. The summed E-state index contributed by atoms with van der Waals surface area (Å²) in [5, 5.41) is 4.57. The fourth-order valence-electron chi connectivity index (χ4n) is 3.77. The monoisotopic (exact) mass is 385 g/mol. The lowest BCUT2D eigenvalue weighted by Crippen LogP contribution is -2.44. The highest BCUT2D eigenvalue weighted by molar-refractivity contribution is 7.87. The molecular formula is C17H31N5O3S. The molecule has 1 N–H and O–H groups in total. The van der Waals surface area contributed by atoms with Gasteiger partial charge in [-0.3, -0.25) is 9.58 Å².